The summed E-state index contributed by atoms with van der Waals surface area (Å²) in [6, 6.07) is 3.35. The maximum absolute atomic E-state index is 14.7. The molecule has 192 valence electrons. The molecule has 3 heterocycles. The number of nitrogens with zero attached hydrogens (tertiary/aromatic N) is 4. The van der Waals surface area contributed by atoms with Gasteiger partial charge < -0.3 is 29.1 Å². The Balaban J connectivity index is 1.76. The number of aliphatic hydroxyl groups excluding tert-OH is 1. The van der Waals surface area contributed by atoms with Crippen molar-refractivity contribution in [2.45, 2.75) is 31.3 Å². The Labute approximate surface area is 198 Å². The fraction of sp³-hybridized carbons (Fsp3) is 0.545. The summed E-state index contributed by atoms with van der Waals surface area (Å²) in [6.07, 6.45) is -6.49. The van der Waals surface area contributed by atoms with Crippen molar-refractivity contribution in [1.29, 1.82) is 0 Å². The van der Waals surface area contributed by atoms with Gasteiger partial charge in [-0.05, 0) is 13.0 Å². The number of fused-ring (bicyclic) bond motifs is 1. The number of hydrogen-bond acceptors (Lipinski definition) is 8. The van der Waals surface area contributed by atoms with Gasteiger partial charge in [-0.1, -0.05) is 0 Å². The molecule has 2 aliphatic rings. The molecule has 1 aromatic carbocycles. The highest BCUT2D eigenvalue weighted by Gasteiger charge is 2.60. The standard InChI is InChI=1S/C22H26F4N4O5/c1-21(22(24,25)26)12-29-19(32)10-18(28-4-6-35-7-5-28)27-20(29)30(21)11-15(31)13-8-16(33-2)17(34-3)9-14(13)23/h8-10,15,31H,4-7,11-12H2,1-3H3/t15-,21+/m1/s1. The van der Waals surface area contributed by atoms with Crippen LogP contribution in [0.25, 0.3) is 0 Å². The second-order valence-electron chi connectivity index (χ2n) is 8.56. The quantitative estimate of drug-likeness (QED) is 0.601. The molecule has 1 saturated heterocycles. The van der Waals surface area contributed by atoms with Crippen LogP contribution in [0.4, 0.5) is 29.3 Å². The third-order valence-electron chi connectivity index (χ3n) is 6.44. The van der Waals surface area contributed by atoms with Crippen molar-refractivity contribution in [2.75, 3.05) is 56.9 Å². The molecule has 0 saturated carbocycles. The van der Waals surface area contributed by atoms with Crippen LogP contribution in [0.5, 0.6) is 11.5 Å². The lowest BCUT2D eigenvalue weighted by Gasteiger charge is -2.38. The lowest BCUT2D eigenvalue weighted by molar-refractivity contribution is -0.183. The maximum atomic E-state index is 14.7. The van der Waals surface area contributed by atoms with E-state index in [2.05, 4.69) is 4.98 Å². The topological polar surface area (TPSA) is 89.3 Å². The van der Waals surface area contributed by atoms with E-state index in [4.69, 9.17) is 14.2 Å². The number of ether oxygens (including phenoxy) is 3. The predicted octanol–water partition coefficient (Wildman–Crippen LogP) is 2.11. The zero-order valence-electron chi connectivity index (χ0n) is 19.4. The summed E-state index contributed by atoms with van der Waals surface area (Å²) in [5, 5.41) is 10.9. The van der Waals surface area contributed by atoms with E-state index in [1.165, 1.54) is 26.4 Å². The third-order valence-corrected chi connectivity index (χ3v) is 6.44. The minimum absolute atomic E-state index is 0.0657. The normalized spacial score (nSPS) is 21.1. The Morgan fingerprint density at radius 1 is 1.17 bits per heavy atom. The highest BCUT2D eigenvalue weighted by atomic mass is 19.4. The van der Waals surface area contributed by atoms with Crippen LogP contribution in [0.1, 0.15) is 18.6 Å². The number of aromatic nitrogens is 2. The van der Waals surface area contributed by atoms with Crippen LogP contribution >= 0.6 is 0 Å². The fourth-order valence-electron chi connectivity index (χ4n) is 4.33. The first kappa shape index (κ1) is 25.0. The van der Waals surface area contributed by atoms with Gasteiger partial charge in [-0.15, -0.1) is 0 Å². The molecule has 13 heteroatoms. The van der Waals surface area contributed by atoms with Gasteiger partial charge in [-0.25, -0.2) is 4.39 Å². The summed E-state index contributed by atoms with van der Waals surface area (Å²) in [7, 11) is 2.62. The fourth-order valence-corrected chi connectivity index (χ4v) is 4.33. The summed E-state index contributed by atoms with van der Waals surface area (Å²) < 4.78 is 74.0. The molecule has 0 amide bonds. The molecular formula is C22H26F4N4O5. The van der Waals surface area contributed by atoms with E-state index < -0.39 is 42.3 Å². The summed E-state index contributed by atoms with van der Waals surface area (Å²) in [6.45, 7) is 1.15. The number of benzene rings is 1. The minimum atomic E-state index is -4.79. The van der Waals surface area contributed by atoms with E-state index in [9.17, 15) is 27.5 Å². The molecule has 35 heavy (non-hydrogen) atoms. The molecular weight excluding hydrogens is 476 g/mol. The van der Waals surface area contributed by atoms with E-state index in [1.807, 2.05) is 0 Å². The molecule has 1 aromatic heterocycles. The number of β-amino-alcohol motifs (C(OH)–C–C–N with tert-alkyl or cyclic N) is 1. The van der Waals surface area contributed by atoms with Gasteiger partial charge in [0, 0.05) is 30.8 Å². The number of anilines is 2. The van der Waals surface area contributed by atoms with E-state index >= 15 is 0 Å². The van der Waals surface area contributed by atoms with E-state index in [0.29, 0.717) is 26.3 Å². The monoisotopic (exact) mass is 502 g/mol. The van der Waals surface area contributed by atoms with Crippen LogP contribution < -0.4 is 24.8 Å². The number of alkyl halides is 3. The Hall–Kier alpha value is -3.06. The van der Waals surface area contributed by atoms with Crippen LogP contribution in [0, 0.1) is 5.82 Å². The van der Waals surface area contributed by atoms with Crippen molar-refractivity contribution in [1.82, 2.24) is 9.55 Å². The van der Waals surface area contributed by atoms with Gasteiger partial charge in [0.2, 0.25) is 5.95 Å². The first-order chi connectivity index (χ1) is 16.5. The number of hydrogen-bond donors (Lipinski definition) is 1. The average Bonchev–Trinajstić information content (AvgIpc) is 3.12. The van der Waals surface area contributed by atoms with Crippen LogP contribution in [0.15, 0.2) is 23.0 Å². The van der Waals surface area contributed by atoms with Crippen LogP contribution in [0.3, 0.4) is 0 Å². The van der Waals surface area contributed by atoms with Gasteiger partial charge >= 0.3 is 6.18 Å². The molecule has 2 aromatic rings. The maximum Gasteiger partial charge on any atom is 0.413 e. The zero-order valence-corrected chi connectivity index (χ0v) is 19.4. The molecule has 0 bridgehead atoms. The molecule has 0 radical (unpaired) electrons. The molecule has 0 unspecified atom stereocenters. The molecule has 0 spiro atoms. The number of morpholine rings is 1. The summed E-state index contributed by atoms with van der Waals surface area (Å²) in [4.78, 5) is 19.8. The Kier molecular flexibility index (Phi) is 6.58. The van der Waals surface area contributed by atoms with Gasteiger partial charge in [0.1, 0.15) is 11.6 Å². The lowest BCUT2D eigenvalue weighted by atomic mass is 9.99. The van der Waals surface area contributed by atoms with E-state index in [0.717, 1.165) is 22.5 Å². The third kappa shape index (κ3) is 4.38. The average molecular weight is 502 g/mol. The van der Waals surface area contributed by atoms with Gasteiger partial charge in [0.05, 0.1) is 46.6 Å². The van der Waals surface area contributed by atoms with Crippen LogP contribution in [-0.4, -0.2) is 73.4 Å². The summed E-state index contributed by atoms with van der Waals surface area (Å²) in [5.74, 6) is -0.745. The van der Waals surface area contributed by atoms with Crippen LogP contribution in [0.2, 0.25) is 0 Å². The molecule has 2 atom stereocenters. The molecule has 1 fully saturated rings. The summed E-state index contributed by atoms with van der Waals surface area (Å²) >= 11 is 0. The molecule has 1 N–H and O–H groups in total. The van der Waals surface area contributed by atoms with Gasteiger partial charge in [-0.2, -0.15) is 18.2 Å². The van der Waals surface area contributed by atoms with Gasteiger partial charge in [-0.3, -0.25) is 9.36 Å². The van der Waals surface area contributed by atoms with Crippen LogP contribution in [-0.2, 0) is 11.3 Å². The summed E-state index contributed by atoms with van der Waals surface area (Å²) in [5.41, 5.74) is -3.50. The molecule has 4 rings (SSSR count). The van der Waals surface area contributed by atoms with E-state index in [1.54, 1.807) is 4.90 Å². The zero-order chi connectivity index (χ0) is 25.5. The molecule has 9 nitrogen and oxygen atoms in total. The second kappa shape index (κ2) is 9.19. The Morgan fingerprint density at radius 2 is 1.80 bits per heavy atom. The number of halogens is 4. The molecule has 0 aliphatic carbocycles. The van der Waals surface area contributed by atoms with Crippen molar-refractivity contribution < 1.29 is 36.9 Å². The lowest BCUT2D eigenvalue weighted by Crippen LogP contribution is -2.57. The SMILES string of the molecule is COc1cc(F)c([C@H](O)CN2c3nc(N4CCOCC4)cc(=O)n3C[C@@]2(C)C(F)(F)F)cc1OC. The smallest absolute Gasteiger partial charge is 0.413 e. The van der Waals surface area contributed by atoms with E-state index in [-0.39, 0.29) is 28.8 Å². The Bertz CT molecular complexity index is 1150. The first-order valence-corrected chi connectivity index (χ1v) is 10.9. The minimum Gasteiger partial charge on any atom is -0.493 e. The number of methoxy groups -OCH3 is 2. The second-order valence-corrected chi connectivity index (χ2v) is 8.56. The van der Waals surface area contributed by atoms with Crippen molar-refractivity contribution in [3.05, 3.63) is 39.9 Å². The van der Waals surface area contributed by atoms with Gasteiger partial charge in [0.25, 0.3) is 5.56 Å². The van der Waals surface area contributed by atoms with Crippen molar-refractivity contribution in [3.8, 4) is 11.5 Å². The molecule has 2 aliphatic heterocycles. The van der Waals surface area contributed by atoms with Crippen molar-refractivity contribution in [2.24, 2.45) is 0 Å². The highest BCUT2D eigenvalue weighted by molar-refractivity contribution is 5.51. The van der Waals surface area contributed by atoms with Crippen molar-refractivity contribution >= 4 is 11.8 Å². The number of rotatable bonds is 6. The first-order valence-electron chi connectivity index (χ1n) is 10.9. The Morgan fingerprint density at radius 3 is 2.40 bits per heavy atom. The van der Waals surface area contributed by atoms with Crippen molar-refractivity contribution in [3.63, 3.8) is 0 Å². The highest BCUT2D eigenvalue weighted by Crippen LogP contribution is 2.44. The van der Waals surface area contributed by atoms with Gasteiger partial charge in [0.15, 0.2) is 17.0 Å². The predicted molar refractivity (Wildman–Crippen MR) is 118 cm³/mol. The number of aliphatic hydroxyl groups is 1. The largest absolute Gasteiger partial charge is 0.493 e.